The summed E-state index contributed by atoms with van der Waals surface area (Å²) in [5.41, 5.74) is 2.07. The molecule has 1 heterocycles. The van der Waals surface area contributed by atoms with Crippen LogP contribution in [0.25, 0.3) is 0 Å². The summed E-state index contributed by atoms with van der Waals surface area (Å²) >= 11 is 0. The second-order valence-electron chi connectivity index (χ2n) is 6.65. The first-order valence-electron chi connectivity index (χ1n) is 9.04. The fourth-order valence-corrected chi connectivity index (χ4v) is 4.59. The van der Waals surface area contributed by atoms with Crippen LogP contribution in [0.15, 0.2) is 47.4 Å². The Balaban J connectivity index is 1.69. The lowest BCUT2D eigenvalue weighted by Crippen LogP contribution is -2.40. The first kappa shape index (κ1) is 20.3. The molecule has 1 fully saturated rings. The topological polar surface area (TPSA) is 84.9 Å². The summed E-state index contributed by atoms with van der Waals surface area (Å²) in [6, 6.07) is 12.3. The molecule has 28 heavy (non-hydrogen) atoms. The van der Waals surface area contributed by atoms with Gasteiger partial charge in [-0.2, -0.15) is 4.31 Å². The molecular weight excluding hydrogens is 380 g/mol. The zero-order chi connectivity index (χ0) is 20.1. The van der Waals surface area contributed by atoms with E-state index in [4.69, 9.17) is 9.47 Å². The van der Waals surface area contributed by atoms with Crippen LogP contribution in [0.3, 0.4) is 0 Å². The van der Waals surface area contributed by atoms with Gasteiger partial charge in [-0.1, -0.05) is 18.2 Å². The normalized spacial score (nSPS) is 15.2. The van der Waals surface area contributed by atoms with Gasteiger partial charge in [-0.15, -0.1) is 0 Å². The lowest BCUT2D eigenvalue weighted by Gasteiger charge is -2.26. The lowest BCUT2D eigenvalue weighted by atomic mass is 10.2. The zero-order valence-corrected chi connectivity index (χ0v) is 16.8. The van der Waals surface area contributed by atoms with E-state index in [2.05, 4.69) is 5.32 Å². The maximum atomic E-state index is 12.9. The average molecular weight is 404 g/mol. The van der Waals surface area contributed by atoms with Gasteiger partial charge in [0.25, 0.3) is 5.91 Å². The highest BCUT2D eigenvalue weighted by molar-refractivity contribution is 7.89. The van der Waals surface area contributed by atoms with Crippen molar-refractivity contribution in [1.82, 2.24) is 4.31 Å². The van der Waals surface area contributed by atoms with Crippen molar-refractivity contribution in [2.24, 2.45) is 0 Å². The molecule has 0 aromatic heterocycles. The van der Waals surface area contributed by atoms with Gasteiger partial charge < -0.3 is 14.8 Å². The van der Waals surface area contributed by atoms with Crippen molar-refractivity contribution in [1.29, 1.82) is 0 Å². The van der Waals surface area contributed by atoms with Crippen molar-refractivity contribution in [2.75, 3.05) is 38.2 Å². The number of anilines is 1. The molecule has 8 heteroatoms. The minimum atomic E-state index is -3.64. The first-order chi connectivity index (χ1) is 13.4. The molecule has 1 N–H and O–H groups in total. The predicted molar refractivity (Wildman–Crippen MR) is 106 cm³/mol. The monoisotopic (exact) mass is 404 g/mol. The standard InChI is InChI=1S/C20H24N2O5S/c1-15-4-3-5-18(12-15)27-14-20(23)21-17-7-6-16(2)19(13-17)28(24,25)22-8-10-26-11-9-22/h3-7,12-13H,8-11,14H2,1-2H3,(H,21,23). The molecule has 0 radical (unpaired) electrons. The summed E-state index contributed by atoms with van der Waals surface area (Å²) < 4.78 is 38.0. The van der Waals surface area contributed by atoms with E-state index in [1.807, 2.05) is 25.1 Å². The van der Waals surface area contributed by atoms with Crippen molar-refractivity contribution in [3.05, 3.63) is 53.6 Å². The van der Waals surface area contributed by atoms with Crippen molar-refractivity contribution in [2.45, 2.75) is 18.7 Å². The Morgan fingerprint density at radius 1 is 1.14 bits per heavy atom. The molecule has 1 aliphatic rings. The number of ether oxygens (including phenoxy) is 2. The Hall–Kier alpha value is -2.42. The molecule has 150 valence electrons. The number of sulfonamides is 1. The Morgan fingerprint density at radius 3 is 2.61 bits per heavy atom. The van der Waals surface area contributed by atoms with E-state index in [1.165, 1.54) is 10.4 Å². The molecule has 2 aromatic carbocycles. The number of hydrogen-bond acceptors (Lipinski definition) is 5. The highest BCUT2D eigenvalue weighted by Crippen LogP contribution is 2.24. The molecule has 3 rings (SSSR count). The summed E-state index contributed by atoms with van der Waals surface area (Å²) in [5.74, 6) is 0.245. The van der Waals surface area contributed by atoms with Crippen molar-refractivity contribution in [3.63, 3.8) is 0 Å². The maximum Gasteiger partial charge on any atom is 0.262 e. The maximum absolute atomic E-state index is 12.9. The van der Waals surface area contributed by atoms with Gasteiger partial charge >= 0.3 is 0 Å². The van der Waals surface area contributed by atoms with Crippen LogP contribution >= 0.6 is 0 Å². The van der Waals surface area contributed by atoms with Gasteiger partial charge in [-0.3, -0.25) is 4.79 Å². The van der Waals surface area contributed by atoms with Gasteiger partial charge in [-0.05, 0) is 49.2 Å². The van der Waals surface area contributed by atoms with Crippen LogP contribution in [0.1, 0.15) is 11.1 Å². The largest absolute Gasteiger partial charge is 0.484 e. The molecule has 2 aromatic rings. The van der Waals surface area contributed by atoms with Crippen molar-refractivity contribution < 1.29 is 22.7 Å². The molecule has 0 spiro atoms. The third-order valence-corrected chi connectivity index (χ3v) is 6.46. The number of carbonyl (C=O) groups excluding carboxylic acids is 1. The zero-order valence-electron chi connectivity index (χ0n) is 16.0. The molecule has 0 aliphatic carbocycles. The van der Waals surface area contributed by atoms with Crippen LogP contribution in [0.4, 0.5) is 5.69 Å². The minimum absolute atomic E-state index is 0.164. The second-order valence-corrected chi connectivity index (χ2v) is 8.56. The number of nitrogens with one attached hydrogen (secondary N) is 1. The van der Waals surface area contributed by atoms with Gasteiger partial charge in [0.2, 0.25) is 10.0 Å². The van der Waals surface area contributed by atoms with E-state index >= 15 is 0 Å². The van der Waals surface area contributed by atoms with E-state index < -0.39 is 10.0 Å². The van der Waals surface area contributed by atoms with Gasteiger partial charge in [0.1, 0.15) is 5.75 Å². The number of nitrogens with zero attached hydrogens (tertiary/aromatic N) is 1. The number of morpholine rings is 1. The fourth-order valence-electron chi connectivity index (χ4n) is 2.93. The molecule has 1 saturated heterocycles. The smallest absolute Gasteiger partial charge is 0.262 e. The van der Waals surface area contributed by atoms with Crippen LogP contribution < -0.4 is 10.1 Å². The highest BCUT2D eigenvalue weighted by Gasteiger charge is 2.28. The molecule has 0 bridgehead atoms. The molecule has 1 aliphatic heterocycles. The number of amides is 1. The summed E-state index contributed by atoms with van der Waals surface area (Å²) in [6.45, 7) is 4.92. The lowest BCUT2D eigenvalue weighted by molar-refractivity contribution is -0.118. The van der Waals surface area contributed by atoms with E-state index in [9.17, 15) is 13.2 Å². The number of aryl methyl sites for hydroxylation is 2. The molecule has 7 nitrogen and oxygen atoms in total. The van der Waals surface area contributed by atoms with Crippen molar-refractivity contribution in [3.8, 4) is 5.75 Å². The first-order valence-corrected chi connectivity index (χ1v) is 10.5. The van der Waals surface area contributed by atoms with Gasteiger partial charge in [0.15, 0.2) is 6.61 Å². The van der Waals surface area contributed by atoms with Gasteiger partial charge in [-0.25, -0.2) is 8.42 Å². The highest BCUT2D eigenvalue weighted by atomic mass is 32.2. The van der Waals surface area contributed by atoms with E-state index in [1.54, 1.807) is 25.1 Å². The third kappa shape index (κ3) is 4.89. The fraction of sp³-hybridized carbons (Fsp3) is 0.350. The Kier molecular flexibility index (Phi) is 6.33. The van der Waals surface area contributed by atoms with E-state index in [-0.39, 0.29) is 17.4 Å². The number of rotatable bonds is 6. The Labute approximate surface area is 165 Å². The molecule has 0 atom stereocenters. The predicted octanol–water partition coefficient (Wildman–Crippen LogP) is 2.34. The van der Waals surface area contributed by atoms with Crippen LogP contribution in [0, 0.1) is 13.8 Å². The Morgan fingerprint density at radius 2 is 1.89 bits per heavy atom. The minimum Gasteiger partial charge on any atom is -0.484 e. The van der Waals surface area contributed by atoms with Crippen LogP contribution in [-0.4, -0.2) is 51.5 Å². The number of hydrogen-bond donors (Lipinski definition) is 1. The SMILES string of the molecule is Cc1cccc(OCC(=O)Nc2ccc(C)c(S(=O)(=O)N3CCOCC3)c2)c1. The summed E-state index contributed by atoms with van der Waals surface area (Å²) in [4.78, 5) is 12.4. The average Bonchev–Trinajstić information content (AvgIpc) is 2.68. The van der Waals surface area contributed by atoms with Gasteiger partial charge in [0, 0.05) is 18.8 Å². The van der Waals surface area contributed by atoms with E-state index in [0.717, 1.165) is 5.56 Å². The molecule has 1 amide bonds. The van der Waals surface area contributed by atoms with E-state index in [0.29, 0.717) is 43.3 Å². The number of carbonyl (C=O) groups is 1. The summed E-state index contributed by atoms with van der Waals surface area (Å²) in [5, 5.41) is 2.70. The van der Waals surface area contributed by atoms with Crippen LogP contribution in [0.2, 0.25) is 0 Å². The third-order valence-electron chi connectivity index (χ3n) is 4.42. The molecule has 0 unspecified atom stereocenters. The molecule has 0 saturated carbocycles. The van der Waals surface area contributed by atoms with Crippen LogP contribution in [-0.2, 0) is 19.6 Å². The van der Waals surface area contributed by atoms with Crippen molar-refractivity contribution >= 4 is 21.6 Å². The Bertz CT molecular complexity index is 953. The summed E-state index contributed by atoms with van der Waals surface area (Å²) in [6.07, 6.45) is 0. The van der Waals surface area contributed by atoms with Gasteiger partial charge in [0.05, 0.1) is 18.1 Å². The summed E-state index contributed by atoms with van der Waals surface area (Å²) in [7, 11) is -3.64. The second kappa shape index (κ2) is 8.72. The quantitative estimate of drug-likeness (QED) is 0.799. The van der Waals surface area contributed by atoms with Crippen LogP contribution in [0.5, 0.6) is 5.75 Å². The molecular formula is C20H24N2O5S. The number of benzene rings is 2.